The molecule has 0 saturated heterocycles. The maximum atomic E-state index is 14.7. The Kier molecular flexibility index (Phi) is 6.78. The van der Waals surface area contributed by atoms with Gasteiger partial charge in [-0.15, -0.1) is 0 Å². The van der Waals surface area contributed by atoms with Crippen molar-refractivity contribution in [1.82, 2.24) is 9.13 Å². The number of hydrogen-bond donors (Lipinski definition) is 0. The molecule has 2 aromatic heterocycles. The fraction of sp³-hybridized carbons (Fsp3) is 0.0588. The Morgan fingerprint density at radius 1 is 0.436 bits per heavy atom. The highest BCUT2D eigenvalue weighted by Gasteiger charge is 2.36. The monoisotopic (exact) mass is 709 g/mol. The van der Waals surface area contributed by atoms with Gasteiger partial charge in [0.2, 0.25) is 0 Å². The predicted molar refractivity (Wildman–Crippen MR) is 227 cm³/mol. The fourth-order valence-corrected chi connectivity index (χ4v) is 9.28. The Hall–Kier alpha value is -6.91. The van der Waals surface area contributed by atoms with Crippen molar-refractivity contribution < 1.29 is 4.39 Å². The summed E-state index contributed by atoms with van der Waals surface area (Å²) in [5.74, 6) is -0.255. The number of nitrogens with zero attached hydrogens (tertiary/aromatic N) is 3. The minimum Gasteiger partial charge on any atom is -0.309 e. The van der Waals surface area contributed by atoms with E-state index in [2.05, 4.69) is 186 Å². The van der Waals surface area contributed by atoms with Crippen LogP contribution in [0.2, 0.25) is 0 Å². The quantitative estimate of drug-likeness (QED) is 0.173. The van der Waals surface area contributed by atoms with E-state index in [9.17, 15) is 4.39 Å². The van der Waals surface area contributed by atoms with Crippen molar-refractivity contribution in [2.24, 2.45) is 0 Å². The van der Waals surface area contributed by atoms with Crippen LogP contribution in [0.15, 0.2) is 182 Å². The predicted octanol–water partition coefficient (Wildman–Crippen LogP) is 13.8. The highest BCUT2D eigenvalue weighted by molar-refractivity contribution is 6.15. The second-order valence-electron chi connectivity index (χ2n) is 15.1. The zero-order chi connectivity index (χ0) is 36.8. The molecule has 55 heavy (non-hydrogen) atoms. The Labute approximate surface area is 318 Å². The van der Waals surface area contributed by atoms with Gasteiger partial charge in [0, 0.05) is 49.7 Å². The van der Waals surface area contributed by atoms with Crippen LogP contribution in [-0.2, 0) is 5.41 Å². The summed E-state index contributed by atoms with van der Waals surface area (Å²) in [4.78, 5) is 2.44. The number of anilines is 3. The Morgan fingerprint density at radius 3 is 1.85 bits per heavy atom. The normalized spacial score (nSPS) is 13.1. The summed E-state index contributed by atoms with van der Waals surface area (Å²) in [6.07, 6.45) is 0. The van der Waals surface area contributed by atoms with E-state index in [1.807, 2.05) is 6.07 Å². The van der Waals surface area contributed by atoms with Crippen LogP contribution in [0.1, 0.15) is 25.0 Å². The van der Waals surface area contributed by atoms with E-state index < -0.39 is 0 Å². The van der Waals surface area contributed by atoms with Crippen molar-refractivity contribution in [1.29, 1.82) is 0 Å². The van der Waals surface area contributed by atoms with E-state index in [4.69, 9.17) is 0 Å². The number of rotatable bonds is 5. The maximum Gasteiger partial charge on any atom is 0.125 e. The highest BCUT2D eigenvalue weighted by Crippen LogP contribution is 2.52. The van der Waals surface area contributed by atoms with Crippen LogP contribution in [0.25, 0.3) is 66.1 Å². The second-order valence-corrected chi connectivity index (χ2v) is 15.1. The third-order valence-electron chi connectivity index (χ3n) is 11.7. The van der Waals surface area contributed by atoms with Crippen molar-refractivity contribution in [3.63, 3.8) is 0 Å². The van der Waals surface area contributed by atoms with Crippen molar-refractivity contribution in [3.8, 4) is 22.5 Å². The summed E-state index contributed by atoms with van der Waals surface area (Å²) >= 11 is 0. The number of fused-ring (bicyclic) bond motifs is 9. The summed E-state index contributed by atoms with van der Waals surface area (Å²) in [5.41, 5.74) is 14.6. The molecule has 0 unspecified atom stereocenters. The van der Waals surface area contributed by atoms with Gasteiger partial charge in [0.15, 0.2) is 0 Å². The molecule has 0 amide bonds. The molecule has 10 aromatic rings. The van der Waals surface area contributed by atoms with Crippen molar-refractivity contribution in [3.05, 3.63) is 199 Å². The molecule has 0 atom stereocenters. The van der Waals surface area contributed by atoms with Gasteiger partial charge in [-0.2, -0.15) is 0 Å². The highest BCUT2D eigenvalue weighted by atomic mass is 19.1. The summed E-state index contributed by atoms with van der Waals surface area (Å²) in [6.45, 7) is 4.68. The summed E-state index contributed by atoms with van der Waals surface area (Å²) in [7, 11) is 0. The third-order valence-corrected chi connectivity index (χ3v) is 11.7. The van der Waals surface area contributed by atoms with Gasteiger partial charge < -0.3 is 14.0 Å². The van der Waals surface area contributed by atoms with Crippen LogP contribution >= 0.6 is 0 Å². The topological polar surface area (TPSA) is 13.1 Å². The number of benzene rings is 8. The number of para-hydroxylation sites is 4. The van der Waals surface area contributed by atoms with E-state index >= 15 is 0 Å². The number of hydrogen-bond acceptors (Lipinski definition) is 1. The summed E-state index contributed by atoms with van der Waals surface area (Å²) in [6, 6.07) is 63.9. The lowest BCUT2D eigenvalue weighted by Crippen LogP contribution is -2.17. The lowest BCUT2D eigenvalue weighted by molar-refractivity contribution is 0.627. The molecular formula is C51H36FN3. The van der Waals surface area contributed by atoms with Crippen LogP contribution in [0.5, 0.6) is 0 Å². The molecule has 0 saturated carbocycles. The first-order valence-corrected chi connectivity index (χ1v) is 18.9. The SMILES string of the molecule is CC1(C)c2ccccc2-c2ccc(N(c3ccc4c(c3)c3ccccc3n4-c3cccc(F)c3)c3cccc4c5ccccc5n(-c5ccccc5)c34)cc21. The lowest BCUT2D eigenvalue weighted by Gasteiger charge is -2.29. The summed E-state index contributed by atoms with van der Waals surface area (Å²) < 4.78 is 19.3. The molecule has 0 fully saturated rings. The molecule has 0 radical (unpaired) electrons. The Morgan fingerprint density at radius 2 is 1.04 bits per heavy atom. The molecule has 3 nitrogen and oxygen atoms in total. The van der Waals surface area contributed by atoms with Gasteiger partial charge in [0.1, 0.15) is 5.82 Å². The standard InChI is InChI=1S/C51H36FN3/c1-51(2)44-22-9-6-18-38(44)39-28-26-37(32-45(39)51)53(49-25-13-21-42-40-19-7-11-24-47(40)55(50(42)49)34-15-4-3-5-16-34)36-27-29-48-43(31-36)41-20-8-10-23-46(41)54(48)35-17-12-14-33(52)30-35/h3-32H,1-2H3. The average Bonchev–Trinajstić information content (AvgIpc) is 3.82. The number of aromatic nitrogens is 2. The Balaban J connectivity index is 1.23. The smallest absolute Gasteiger partial charge is 0.125 e. The molecule has 0 bridgehead atoms. The van der Waals surface area contributed by atoms with Crippen molar-refractivity contribution in [2.45, 2.75) is 19.3 Å². The molecule has 1 aliphatic rings. The van der Waals surface area contributed by atoms with Crippen LogP contribution in [0, 0.1) is 5.82 Å². The zero-order valence-electron chi connectivity index (χ0n) is 30.5. The first kappa shape index (κ1) is 31.6. The second kappa shape index (κ2) is 11.8. The van der Waals surface area contributed by atoms with E-state index in [1.165, 1.54) is 39.1 Å². The first-order valence-electron chi connectivity index (χ1n) is 18.9. The van der Waals surface area contributed by atoms with E-state index in [0.717, 1.165) is 61.3 Å². The van der Waals surface area contributed by atoms with Gasteiger partial charge >= 0.3 is 0 Å². The lowest BCUT2D eigenvalue weighted by atomic mass is 9.82. The summed E-state index contributed by atoms with van der Waals surface area (Å²) in [5, 5.41) is 4.62. The van der Waals surface area contributed by atoms with Gasteiger partial charge in [-0.1, -0.05) is 117 Å². The zero-order valence-corrected chi connectivity index (χ0v) is 30.5. The van der Waals surface area contributed by atoms with Crippen LogP contribution in [0.3, 0.4) is 0 Å². The van der Waals surface area contributed by atoms with E-state index in [0.29, 0.717) is 0 Å². The number of halogens is 1. The Bertz CT molecular complexity index is 3150. The van der Waals surface area contributed by atoms with Gasteiger partial charge in [-0.25, -0.2) is 4.39 Å². The fourth-order valence-electron chi connectivity index (χ4n) is 9.28. The van der Waals surface area contributed by atoms with Gasteiger partial charge in [-0.3, -0.25) is 0 Å². The largest absolute Gasteiger partial charge is 0.309 e. The third kappa shape index (κ3) is 4.61. The van der Waals surface area contributed by atoms with Gasteiger partial charge in [0.05, 0.1) is 27.8 Å². The maximum absolute atomic E-state index is 14.7. The van der Waals surface area contributed by atoms with E-state index in [1.54, 1.807) is 12.1 Å². The van der Waals surface area contributed by atoms with Gasteiger partial charge in [0.25, 0.3) is 0 Å². The molecule has 1 aliphatic carbocycles. The molecule has 8 aromatic carbocycles. The molecular weight excluding hydrogens is 674 g/mol. The molecule has 0 N–H and O–H groups in total. The van der Waals surface area contributed by atoms with Gasteiger partial charge in [-0.05, 0) is 101 Å². The molecule has 0 spiro atoms. The molecule has 0 aliphatic heterocycles. The van der Waals surface area contributed by atoms with E-state index in [-0.39, 0.29) is 11.2 Å². The molecule has 2 heterocycles. The average molecular weight is 710 g/mol. The molecule has 4 heteroatoms. The minimum absolute atomic E-state index is 0.166. The molecule has 262 valence electrons. The molecule has 11 rings (SSSR count). The van der Waals surface area contributed by atoms with Crippen LogP contribution < -0.4 is 4.90 Å². The van der Waals surface area contributed by atoms with Crippen LogP contribution in [-0.4, -0.2) is 9.13 Å². The van der Waals surface area contributed by atoms with Crippen molar-refractivity contribution in [2.75, 3.05) is 4.90 Å². The van der Waals surface area contributed by atoms with Crippen molar-refractivity contribution >= 4 is 60.7 Å². The minimum atomic E-state index is -0.255. The van der Waals surface area contributed by atoms with Crippen LogP contribution in [0.4, 0.5) is 21.5 Å². The first-order chi connectivity index (χ1) is 27.0.